The second kappa shape index (κ2) is 15.5. The first-order valence-electron chi connectivity index (χ1n) is 7.97. The summed E-state index contributed by atoms with van der Waals surface area (Å²) in [5.74, 6) is 1.70. The number of hydrogen-bond acceptors (Lipinski definition) is 4. The van der Waals surface area contributed by atoms with Crippen LogP contribution in [0.1, 0.15) is 12.0 Å². The number of benzene rings is 1. The SMILES string of the molecule is CN=C(NCCCOCCOC)NCCOc1ccccc1C.I. The molecule has 0 aliphatic carbocycles. The van der Waals surface area contributed by atoms with Gasteiger partial charge in [-0.3, -0.25) is 4.99 Å². The number of rotatable bonds is 11. The number of nitrogens with zero attached hydrogens (tertiary/aromatic N) is 1. The highest BCUT2D eigenvalue weighted by Crippen LogP contribution is 2.15. The van der Waals surface area contributed by atoms with Crippen molar-refractivity contribution in [1.29, 1.82) is 0 Å². The van der Waals surface area contributed by atoms with E-state index < -0.39 is 0 Å². The van der Waals surface area contributed by atoms with Gasteiger partial charge in [0.25, 0.3) is 0 Å². The first kappa shape index (κ1) is 22.9. The molecular weight excluding hydrogens is 421 g/mol. The molecule has 0 aliphatic rings. The number of hydrogen-bond donors (Lipinski definition) is 2. The third-order valence-electron chi connectivity index (χ3n) is 3.16. The quantitative estimate of drug-likeness (QED) is 0.234. The lowest BCUT2D eigenvalue weighted by molar-refractivity contribution is 0.0698. The lowest BCUT2D eigenvalue weighted by Gasteiger charge is -2.13. The van der Waals surface area contributed by atoms with Crippen molar-refractivity contribution in [3.63, 3.8) is 0 Å². The first-order chi connectivity index (χ1) is 11.3. The molecule has 0 aliphatic heterocycles. The van der Waals surface area contributed by atoms with Gasteiger partial charge < -0.3 is 24.8 Å². The highest BCUT2D eigenvalue weighted by Gasteiger charge is 1.99. The molecule has 138 valence electrons. The van der Waals surface area contributed by atoms with Gasteiger partial charge in [0, 0.05) is 27.3 Å². The van der Waals surface area contributed by atoms with E-state index in [-0.39, 0.29) is 24.0 Å². The Balaban J connectivity index is 0.00000529. The number of halogens is 1. The lowest BCUT2D eigenvalue weighted by Crippen LogP contribution is -2.39. The minimum absolute atomic E-state index is 0. The Morgan fingerprint density at radius 1 is 1.04 bits per heavy atom. The largest absolute Gasteiger partial charge is 0.491 e. The number of guanidine groups is 1. The van der Waals surface area contributed by atoms with Crippen LogP contribution in [0, 0.1) is 6.92 Å². The Kier molecular flexibility index (Phi) is 14.8. The molecule has 1 aromatic rings. The molecule has 0 atom stereocenters. The Morgan fingerprint density at radius 3 is 2.50 bits per heavy atom. The van der Waals surface area contributed by atoms with E-state index in [0.717, 1.165) is 30.2 Å². The molecule has 0 unspecified atom stereocenters. The monoisotopic (exact) mass is 451 g/mol. The highest BCUT2D eigenvalue weighted by atomic mass is 127. The van der Waals surface area contributed by atoms with Crippen molar-refractivity contribution in [2.24, 2.45) is 4.99 Å². The number of aliphatic imine (C=N–C) groups is 1. The van der Waals surface area contributed by atoms with Crippen LogP contribution >= 0.6 is 24.0 Å². The van der Waals surface area contributed by atoms with Crippen LogP contribution in [0.2, 0.25) is 0 Å². The lowest BCUT2D eigenvalue weighted by atomic mass is 10.2. The molecule has 2 N–H and O–H groups in total. The molecule has 0 radical (unpaired) electrons. The van der Waals surface area contributed by atoms with E-state index in [1.807, 2.05) is 31.2 Å². The molecule has 0 heterocycles. The molecule has 0 saturated carbocycles. The van der Waals surface area contributed by atoms with Crippen LogP contribution in [0.5, 0.6) is 5.75 Å². The molecule has 24 heavy (non-hydrogen) atoms. The number of para-hydroxylation sites is 1. The Bertz CT molecular complexity index is 458. The maximum Gasteiger partial charge on any atom is 0.191 e. The van der Waals surface area contributed by atoms with Gasteiger partial charge in [-0.25, -0.2) is 0 Å². The van der Waals surface area contributed by atoms with Crippen LogP contribution in [0.25, 0.3) is 0 Å². The van der Waals surface area contributed by atoms with Crippen molar-refractivity contribution in [2.45, 2.75) is 13.3 Å². The summed E-state index contributed by atoms with van der Waals surface area (Å²) >= 11 is 0. The third-order valence-corrected chi connectivity index (χ3v) is 3.16. The average molecular weight is 451 g/mol. The number of methoxy groups -OCH3 is 1. The third kappa shape index (κ3) is 10.7. The van der Waals surface area contributed by atoms with Gasteiger partial charge in [0.1, 0.15) is 12.4 Å². The smallest absolute Gasteiger partial charge is 0.191 e. The topological polar surface area (TPSA) is 64.1 Å². The zero-order chi connectivity index (χ0) is 16.8. The van der Waals surface area contributed by atoms with Crippen LogP contribution < -0.4 is 15.4 Å². The Hall–Kier alpha value is -1.06. The second-order valence-corrected chi connectivity index (χ2v) is 5.00. The zero-order valence-electron chi connectivity index (χ0n) is 14.8. The van der Waals surface area contributed by atoms with Gasteiger partial charge in [0.05, 0.1) is 19.8 Å². The fraction of sp³-hybridized carbons (Fsp3) is 0.588. The minimum atomic E-state index is 0. The molecule has 7 heteroatoms. The molecule has 0 saturated heterocycles. The van der Waals surface area contributed by atoms with Crippen molar-refractivity contribution in [3.05, 3.63) is 29.8 Å². The normalized spacial score (nSPS) is 10.9. The summed E-state index contributed by atoms with van der Waals surface area (Å²) in [4.78, 5) is 4.18. The molecule has 1 aromatic carbocycles. The van der Waals surface area contributed by atoms with Crippen molar-refractivity contribution < 1.29 is 14.2 Å². The summed E-state index contributed by atoms with van der Waals surface area (Å²) < 4.78 is 16.1. The van der Waals surface area contributed by atoms with Gasteiger partial charge >= 0.3 is 0 Å². The molecular formula is C17H30IN3O3. The standard InChI is InChI=1S/C17H29N3O3.HI/c1-15-7-4-5-8-16(15)23-12-10-20-17(18-2)19-9-6-11-22-14-13-21-3;/h4-5,7-8H,6,9-14H2,1-3H3,(H2,18,19,20);1H. The first-order valence-corrected chi connectivity index (χ1v) is 7.97. The maximum absolute atomic E-state index is 5.74. The number of aryl methyl sites for hydroxylation is 1. The van der Waals surface area contributed by atoms with E-state index in [2.05, 4.69) is 15.6 Å². The van der Waals surface area contributed by atoms with E-state index >= 15 is 0 Å². The zero-order valence-corrected chi connectivity index (χ0v) is 17.2. The van der Waals surface area contributed by atoms with Crippen molar-refractivity contribution >= 4 is 29.9 Å². The van der Waals surface area contributed by atoms with Crippen LogP contribution in [-0.4, -0.2) is 59.6 Å². The number of ether oxygens (including phenoxy) is 3. The van der Waals surface area contributed by atoms with Gasteiger partial charge in [-0.2, -0.15) is 0 Å². The fourth-order valence-corrected chi connectivity index (χ4v) is 1.89. The van der Waals surface area contributed by atoms with Crippen LogP contribution in [0.4, 0.5) is 0 Å². The molecule has 0 fully saturated rings. The summed E-state index contributed by atoms with van der Waals surface area (Å²) in [5.41, 5.74) is 1.14. The van der Waals surface area contributed by atoms with E-state index in [4.69, 9.17) is 14.2 Å². The van der Waals surface area contributed by atoms with Crippen molar-refractivity contribution in [1.82, 2.24) is 10.6 Å². The van der Waals surface area contributed by atoms with Gasteiger partial charge in [-0.15, -0.1) is 24.0 Å². The van der Waals surface area contributed by atoms with Crippen LogP contribution in [0.3, 0.4) is 0 Å². The summed E-state index contributed by atoms with van der Waals surface area (Å²) in [6, 6.07) is 8.00. The second-order valence-electron chi connectivity index (χ2n) is 5.00. The van der Waals surface area contributed by atoms with Gasteiger partial charge in [-0.05, 0) is 25.0 Å². The Labute approximate surface area is 162 Å². The molecule has 0 amide bonds. The van der Waals surface area contributed by atoms with Gasteiger partial charge in [-0.1, -0.05) is 18.2 Å². The molecule has 6 nitrogen and oxygen atoms in total. The minimum Gasteiger partial charge on any atom is -0.491 e. The maximum atomic E-state index is 5.74. The van der Waals surface area contributed by atoms with Crippen LogP contribution in [-0.2, 0) is 9.47 Å². The highest BCUT2D eigenvalue weighted by molar-refractivity contribution is 14.0. The van der Waals surface area contributed by atoms with Crippen LogP contribution in [0.15, 0.2) is 29.3 Å². The van der Waals surface area contributed by atoms with Crippen molar-refractivity contribution in [2.75, 3.05) is 53.7 Å². The van der Waals surface area contributed by atoms with E-state index in [9.17, 15) is 0 Å². The molecule has 0 spiro atoms. The van der Waals surface area contributed by atoms with E-state index in [1.165, 1.54) is 0 Å². The summed E-state index contributed by atoms with van der Waals surface area (Å²) in [7, 11) is 3.43. The molecule has 1 rings (SSSR count). The molecule has 0 aromatic heterocycles. The average Bonchev–Trinajstić information content (AvgIpc) is 2.57. The van der Waals surface area contributed by atoms with E-state index in [1.54, 1.807) is 14.2 Å². The summed E-state index contributed by atoms with van der Waals surface area (Å²) in [6.45, 7) is 6.12. The predicted octanol–water partition coefficient (Wildman–Crippen LogP) is 2.21. The van der Waals surface area contributed by atoms with Crippen molar-refractivity contribution in [3.8, 4) is 5.75 Å². The number of nitrogens with one attached hydrogen (secondary N) is 2. The Morgan fingerprint density at radius 2 is 1.79 bits per heavy atom. The van der Waals surface area contributed by atoms with Gasteiger partial charge in [0.15, 0.2) is 5.96 Å². The predicted molar refractivity (Wildman–Crippen MR) is 109 cm³/mol. The fourth-order valence-electron chi connectivity index (χ4n) is 1.89. The summed E-state index contributed by atoms with van der Waals surface area (Å²) in [6.07, 6.45) is 0.921. The summed E-state index contributed by atoms with van der Waals surface area (Å²) in [5, 5.41) is 6.47. The molecule has 0 bridgehead atoms. The van der Waals surface area contributed by atoms with Gasteiger partial charge in [0.2, 0.25) is 0 Å². The van der Waals surface area contributed by atoms with E-state index in [0.29, 0.717) is 33.0 Å².